The quantitative estimate of drug-likeness (QED) is 0.458. The molecule has 2 aliphatic rings. The Kier molecular flexibility index (Phi) is 6.32. The monoisotopic (exact) mass is 465 g/mol. The molecule has 0 aromatic heterocycles. The summed E-state index contributed by atoms with van der Waals surface area (Å²) < 4.78 is 22.4. The molecule has 4 rings (SSSR count). The summed E-state index contributed by atoms with van der Waals surface area (Å²) in [7, 11) is 1.56. The number of benzene rings is 2. The first kappa shape index (κ1) is 23.4. The van der Waals surface area contributed by atoms with Crippen molar-refractivity contribution >= 4 is 23.6 Å². The molecule has 0 bridgehead atoms. The van der Waals surface area contributed by atoms with Crippen LogP contribution in [0.5, 0.6) is 5.75 Å². The smallest absolute Gasteiger partial charge is 0.333 e. The molecule has 2 atom stereocenters. The number of esters is 2. The molecule has 178 valence electrons. The molecule has 2 aliphatic heterocycles. The zero-order valence-electron chi connectivity index (χ0n) is 19.4. The summed E-state index contributed by atoms with van der Waals surface area (Å²) in [5.41, 5.74) is -0.460. The van der Waals surface area contributed by atoms with Crippen molar-refractivity contribution in [3.63, 3.8) is 0 Å². The van der Waals surface area contributed by atoms with Crippen LogP contribution >= 0.6 is 0 Å². The number of carbonyl (C=O) groups is 3. The minimum absolute atomic E-state index is 0.0500. The van der Waals surface area contributed by atoms with Crippen molar-refractivity contribution in [2.75, 3.05) is 20.3 Å². The Morgan fingerprint density at radius 2 is 1.79 bits per heavy atom. The van der Waals surface area contributed by atoms with Gasteiger partial charge in [-0.05, 0) is 42.8 Å². The third kappa shape index (κ3) is 3.89. The van der Waals surface area contributed by atoms with Crippen LogP contribution in [0.25, 0.3) is 5.76 Å². The lowest BCUT2D eigenvalue weighted by atomic mass is 9.73. The van der Waals surface area contributed by atoms with Gasteiger partial charge in [0, 0.05) is 32.0 Å². The van der Waals surface area contributed by atoms with Gasteiger partial charge in [-0.15, -0.1) is 0 Å². The number of likely N-dealkylation sites (tertiary alicyclic amines) is 1. The van der Waals surface area contributed by atoms with E-state index >= 15 is 0 Å². The van der Waals surface area contributed by atoms with Crippen LogP contribution in [-0.4, -0.2) is 48.8 Å². The second-order valence-electron chi connectivity index (χ2n) is 8.18. The van der Waals surface area contributed by atoms with E-state index in [4.69, 9.17) is 18.9 Å². The highest BCUT2D eigenvalue weighted by Gasteiger charge is 2.73. The van der Waals surface area contributed by atoms with E-state index in [9.17, 15) is 14.4 Å². The van der Waals surface area contributed by atoms with Gasteiger partial charge >= 0.3 is 11.9 Å². The van der Waals surface area contributed by atoms with E-state index in [-0.39, 0.29) is 25.3 Å². The molecule has 0 radical (unpaired) electrons. The average molecular weight is 466 g/mol. The number of hydrogen-bond donors (Lipinski definition) is 0. The third-order valence-electron chi connectivity index (χ3n) is 6.06. The van der Waals surface area contributed by atoms with Crippen LogP contribution in [0.2, 0.25) is 0 Å². The number of rotatable bonds is 7. The highest BCUT2D eigenvalue weighted by Crippen LogP contribution is 2.54. The van der Waals surface area contributed by atoms with Gasteiger partial charge in [0.25, 0.3) is 11.7 Å². The van der Waals surface area contributed by atoms with Crippen molar-refractivity contribution in [2.24, 2.45) is 5.41 Å². The number of amides is 1. The summed E-state index contributed by atoms with van der Waals surface area (Å²) in [6, 6.07) is 16.4. The maximum absolute atomic E-state index is 14.0. The Balaban J connectivity index is 1.82. The number of piperidine rings is 1. The number of hydrogen-bond acceptors (Lipinski definition) is 7. The van der Waals surface area contributed by atoms with Crippen LogP contribution in [0, 0.1) is 5.41 Å². The van der Waals surface area contributed by atoms with Crippen LogP contribution in [0.3, 0.4) is 0 Å². The zero-order chi connectivity index (χ0) is 24.3. The van der Waals surface area contributed by atoms with E-state index in [2.05, 4.69) is 0 Å². The van der Waals surface area contributed by atoms with E-state index in [0.717, 1.165) is 5.56 Å². The molecule has 2 aromatic carbocycles. The molecule has 34 heavy (non-hydrogen) atoms. The molecular weight excluding hydrogens is 438 g/mol. The molecular formula is C26H27NO7. The highest BCUT2D eigenvalue weighted by molar-refractivity contribution is 6.09. The maximum atomic E-state index is 14.0. The van der Waals surface area contributed by atoms with Gasteiger partial charge < -0.3 is 23.8 Å². The molecule has 0 N–H and O–H groups in total. The molecule has 0 aliphatic carbocycles. The number of ether oxygens (including phenoxy) is 4. The van der Waals surface area contributed by atoms with E-state index < -0.39 is 29.0 Å². The minimum Gasteiger partial charge on any atom is -0.497 e. The lowest BCUT2D eigenvalue weighted by molar-refractivity contribution is -0.251. The number of carbonyl (C=O) groups excluding carboxylic acids is 3. The molecule has 8 nitrogen and oxygen atoms in total. The molecule has 1 saturated heterocycles. The van der Waals surface area contributed by atoms with Crippen molar-refractivity contribution in [1.29, 1.82) is 0 Å². The van der Waals surface area contributed by atoms with Gasteiger partial charge in [0.15, 0.2) is 0 Å². The minimum atomic E-state index is -1.98. The Hall–Kier alpha value is -3.81. The Bertz CT molecular complexity index is 1110. The molecule has 0 saturated carbocycles. The fraction of sp³-hybridized carbons (Fsp3) is 0.346. The second-order valence-corrected chi connectivity index (χ2v) is 8.18. The van der Waals surface area contributed by atoms with Crippen LogP contribution in [0.1, 0.15) is 31.4 Å². The summed E-state index contributed by atoms with van der Waals surface area (Å²) >= 11 is 0. The van der Waals surface area contributed by atoms with Gasteiger partial charge in [0.1, 0.15) is 11.5 Å². The Labute approximate surface area is 198 Å². The molecule has 0 spiro atoms. The molecule has 2 aromatic rings. The van der Waals surface area contributed by atoms with Crippen molar-refractivity contribution in [3.05, 3.63) is 71.8 Å². The van der Waals surface area contributed by atoms with Crippen LogP contribution in [0.15, 0.2) is 60.7 Å². The zero-order valence-corrected chi connectivity index (χ0v) is 19.4. The molecule has 1 fully saturated rings. The second kappa shape index (κ2) is 9.21. The van der Waals surface area contributed by atoms with Gasteiger partial charge in [-0.1, -0.05) is 30.3 Å². The number of methoxy groups -OCH3 is 1. The van der Waals surface area contributed by atoms with Crippen LogP contribution in [0.4, 0.5) is 0 Å². The fourth-order valence-electron chi connectivity index (χ4n) is 4.48. The molecule has 2 heterocycles. The van der Waals surface area contributed by atoms with E-state index in [1.807, 2.05) is 30.3 Å². The van der Waals surface area contributed by atoms with Gasteiger partial charge in [-0.25, -0.2) is 0 Å². The average Bonchev–Trinajstić information content (AvgIpc) is 3.18. The normalized spacial score (nSPS) is 23.4. The lowest BCUT2D eigenvalue weighted by Crippen LogP contribution is -2.66. The predicted octanol–water partition coefficient (Wildman–Crippen LogP) is 3.31. The summed E-state index contributed by atoms with van der Waals surface area (Å²) in [4.78, 5) is 41.2. The number of nitrogens with zero attached hydrogens (tertiary/aromatic N) is 1. The summed E-state index contributed by atoms with van der Waals surface area (Å²) in [6.45, 7) is 3.45. The molecule has 2 unspecified atom stereocenters. The summed E-state index contributed by atoms with van der Waals surface area (Å²) in [6.07, 6.45) is 1.54. The van der Waals surface area contributed by atoms with E-state index in [1.165, 1.54) is 13.0 Å². The molecule has 8 heteroatoms. The fourth-order valence-corrected chi connectivity index (χ4v) is 4.48. The van der Waals surface area contributed by atoms with Gasteiger partial charge in [-0.2, -0.15) is 0 Å². The van der Waals surface area contributed by atoms with Gasteiger partial charge in [-0.3, -0.25) is 14.4 Å². The third-order valence-corrected chi connectivity index (χ3v) is 6.06. The van der Waals surface area contributed by atoms with Crippen molar-refractivity contribution in [1.82, 2.24) is 4.90 Å². The van der Waals surface area contributed by atoms with Gasteiger partial charge in [0.2, 0.25) is 5.41 Å². The topological polar surface area (TPSA) is 91.4 Å². The lowest BCUT2D eigenvalue weighted by Gasteiger charge is -2.46. The molecule has 1 amide bonds. The van der Waals surface area contributed by atoms with Crippen LogP contribution in [-0.2, 0) is 35.1 Å². The van der Waals surface area contributed by atoms with Gasteiger partial charge in [0.05, 0.1) is 13.7 Å². The predicted molar refractivity (Wildman–Crippen MR) is 122 cm³/mol. The summed E-state index contributed by atoms with van der Waals surface area (Å²) in [5.74, 6) is -2.97. The Morgan fingerprint density at radius 1 is 1.09 bits per heavy atom. The maximum Gasteiger partial charge on any atom is 0.333 e. The SMILES string of the molecule is CCOC(=O)C12C=C(c3ccc(OC)cc3)OC1(OC(C)=O)CCN(Cc1ccccc1)C2=O. The van der Waals surface area contributed by atoms with Crippen molar-refractivity contribution < 1.29 is 33.3 Å². The largest absolute Gasteiger partial charge is 0.497 e. The first-order chi connectivity index (χ1) is 16.3. The highest BCUT2D eigenvalue weighted by atomic mass is 16.7. The summed E-state index contributed by atoms with van der Waals surface area (Å²) in [5, 5.41) is 0. The van der Waals surface area contributed by atoms with E-state index in [0.29, 0.717) is 17.9 Å². The van der Waals surface area contributed by atoms with Crippen LogP contribution < -0.4 is 4.74 Å². The van der Waals surface area contributed by atoms with E-state index in [1.54, 1.807) is 43.2 Å². The standard InChI is InChI=1S/C26H27NO7/c1-4-32-24(30)25-16-22(20-10-12-21(31-3)13-11-20)34-26(25,33-18(2)28)14-15-27(23(25)29)17-19-8-6-5-7-9-19/h5-13,16H,4,14-15,17H2,1-3H3. The van der Waals surface area contributed by atoms with Crippen molar-refractivity contribution in [2.45, 2.75) is 32.6 Å². The van der Waals surface area contributed by atoms with Crippen molar-refractivity contribution in [3.8, 4) is 5.75 Å². The first-order valence-corrected chi connectivity index (χ1v) is 11.1. The first-order valence-electron chi connectivity index (χ1n) is 11.1. The number of fused-ring (bicyclic) bond motifs is 1. The Morgan fingerprint density at radius 3 is 2.41 bits per heavy atom.